The standard InChI is InChI=1S/C11H14F2N2OS/c12-10(13)7-15(5-6-16)9-4-2-1-3-8(9)11(14)17/h1-4,10,16H,5-7H2,(H2,14,17). The maximum atomic E-state index is 12.4. The number of hydrogen-bond acceptors (Lipinski definition) is 3. The average Bonchev–Trinajstić information content (AvgIpc) is 2.28. The van der Waals surface area contributed by atoms with Crippen molar-refractivity contribution in [3.63, 3.8) is 0 Å². The van der Waals surface area contributed by atoms with Gasteiger partial charge < -0.3 is 15.7 Å². The molecule has 0 fully saturated rings. The van der Waals surface area contributed by atoms with Crippen molar-refractivity contribution in [2.24, 2.45) is 5.73 Å². The van der Waals surface area contributed by atoms with Gasteiger partial charge in [0.05, 0.1) is 13.2 Å². The van der Waals surface area contributed by atoms with E-state index in [1.807, 2.05) is 0 Å². The minimum absolute atomic E-state index is 0.115. The molecule has 0 heterocycles. The normalized spacial score (nSPS) is 10.6. The molecule has 0 aliphatic rings. The van der Waals surface area contributed by atoms with Crippen LogP contribution in [0.5, 0.6) is 0 Å². The van der Waals surface area contributed by atoms with Crippen molar-refractivity contribution < 1.29 is 13.9 Å². The van der Waals surface area contributed by atoms with E-state index in [2.05, 4.69) is 0 Å². The van der Waals surface area contributed by atoms with Crippen LogP contribution in [0.2, 0.25) is 0 Å². The Hall–Kier alpha value is -1.27. The summed E-state index contributed by atoms with van der Waals surface area (Å²) in [7, 11) is 0. The highest BCUT2D eigenvalue weighted by Crippen LogP contribution is 2.21. The topological polar surface area (TPSA) is 49.5 Å². The molecule has 0 spiro atoms. The van der Waals surface area contributed by atoms with Gasteiger partial charge in [-0.25, -0.2) is 8.78 Å². The molecule has 0 amide bonds. The average molecular weight is 260 g/mol. The lowest BCUT2D eigenvalue weighted by Crippen LogP contribution is -2.33. The number of para-hydroxylation sites is 1. The van der Waals surface area contributed by atoms with E-state index in [-0.39, 0.29) is 18.1 Å². The van der Waals surface area contributed by atoms with Gasteiger partial charge in [-0.1, -0.05) is 24.4 Å². The summed E-state index contributed by atoms with van der Waals surface area (Å²) >= 11 is 4.87. The summed E-state index contributed by atoms with van der Waals surface area (Å²) in [5, 5.41) is 8.89. The Labute approximate surface area is 104 Å². The minimum Gasteiger partial charge on any atom is -0.395 e. The quantitative estimate of drug-likeness (QED) is 0.759. The Balaban J connectivity index is 3.04. The van der Waals surface area contributed by atoms with E-state index in [9.17, 15) is 8.78 Å². The molecule has 0 saturated carbocycles. The third-order valence-electron chi connectivity index (χ3n) is 2.24. The second-order valence-electron chi connectivity index (χ2n) is 3.44. The van der Waals surface area contributed by atoms with Crippen molar-refractivity contribution in [2.45, 2.75) is 6.43 Å². The maximum absolute atomic E-state index is 12.4. The first-order valence-electron chi connectivity index (χ1n) is 5.09. The van der Waals surface area contributed by atoms with Crippen LogP contribution in [0.15, 0.2) is 24.3 Å². The number of aliphatic hydroxyl groups excluding tert-OH is 1. The fourth-order valence-corrected chi connectivity index (χ4v) is 1.73. The third kappa shape index (κ3) is 3.90. The molecule has 1 aromatic carbocycles. The number of hydrogen-bond donors (Lipinski definition) is 2. The molecule has 3 N–H and O–H groups in total. The molecule has 1 rings (SSSR count). The summed E-state index contributed by atoms with van der Waals surface area (Å²) in [5.41, 5.74) is 6.60. The van der Waals surface area contributed by atoms with Gasteiger partial charge in [0.25, 0.3) is 6.43 Å². The molecule has 0 saturated heterocycles. The van der Waals surface area contributed by atoms with Gasteiger partial charge >= 0.3 is 0 Å². The molecule has 0 radical (unpaired) electrons. The van der Waals surface area contributed by atoms with Crippen LogP contribution < -0.4 is 10.6 Å². The fourth-order valence-electron chi connectivity index (χ4n) is 1.56. The zero-order chi connectivity index (χ0) is 12.8. The molecule has 6 heteroatoms. The van der Waals surface area contributed by atoms with Gasteiger partial charge in [-0.05, 0) is 12.1 Å². The van der Waals surface area contributed by atoms with E-state index in [0.717, 1.165) is 0 Å². The molecule has 0 aliphatic carbocycles. The zero-order valence-corrected chi connectivity index (χ0v) is 9.96. The molecule has 0 atom stereocenters. The Morgan fingerprint density at radius 3 is 2.59 bits per heavy atom. The summed E-state index contributed by atoms with van der Waals surface area (Å²) in [6.07, 6.45) is -2.49. The monoisotopic (exact) mass is 260 g/mol. The fraction of sp³-hybridized carbons (Fsp3) is 0.364. The first kappa shape index (κ1) is 13.8. The largest absolute Gasteiger partial charge is 0.395 e. The number of anilines is 1. The van der Waals surface area contributed by atoms with Crippen molar-refractivity contribution in [3.05, 3.63) is 29.8 Å². The molecule has 0 bridgehead atoms. The van der Waals surface area contributed by atoms with E-state index < -0.39 is 13.0 Å². The highest BCUT2D eigenvalue weighted by atomic mass is 32.1. The van der Waals surface area contributed by atoms with Gasteiger partial charge in [0, 0.05) is 17.8 Å². The highest BCUT2D eigenvalue weighted by Gasteiger charge is 2.16. The zero-order valence-electron chi connectivity index (χ0n) is 9.14. The molecule has 94 valence electrons. The summed E-state index contributed by atoms with van der Waals surface area (Å²) in [6.45, 7) is -0.553. The van der Waals surface area contributed by atoms with E-state index in [4.69, 9.17) is 23.1 Å². The Kier molecular flexibility index (Phi) is 5.24. The van der Waals surface area contributed by atoms with Crippen molar-refractivity contribution in [2.75, 3.05) is 24.6 Å². The maximum Gasteiger partial charge on any atom is 0.255 e. The van der Waals surface area contributed by atoms with Crippen LogP contribution in [0, 0.1) is 0 Å². The summed E-state index contributed by atoms with van der Waals surface area (Å²) in [4.78, 5) is 1.52. The van der Waals surface area contributed by atoms with Crippen LogP contribution in [0.4, 0.5) is 14.5 Å². The van der Waals surface area contributed by atoms with Crippen molar-refractivity contribution in [1.82, 2.24) is 0 Å². The van der Waals surface area contributed by atoms with Crippen LogP contribution in [-0.2, 0) is 0 Å². The first-order chi connectivity index (χ1) is 8.06. The van der Waals surface area contributed by atoms with E-state index in [0.29, 0.717) is 11.3 Å². The van der Waals surface area contributed by atoms with Gasteiger partial charge in [0.2, 0.25) is 0 Å². The van der Waals surface area contributed by atoms with Crippen molar-refractivity contribution >= 4 is 22.9 Å². The lowest BCUT2D eigenvalue weighted by atomic mass is 10.1. The van der Waals surface area contributed by atoms with Gasteiger partial charge in [0.15, 0.2) is 0 Å². The smallest absolute Gasteiger partial charge is 0.255 e. The van der Waals surface area contributed by atoms with Crippen molar-refractivity contribution in [3.8, 4) is 0 Å². The van der Waals surface area contributed by atoms with Gasteiger partial charge in [-0.3, -0.25) is 0 Å². The number of benzene rings is 1. The Morgan fingerprint density at radius 2 is 2.06 bits per heavy atom. The molecule has 1 aromatic rings. The second-order valence-corrected chi connectivity index (χ2v) is 3.88. The number of halogens is 2. The van der Waals surface area contributed by atoms with Gasteiger partial charge in [-0.15, -0.1) is 0 Å². The lowest BCUT2D eigenvalue weighted by molar-refractivity contribution is 0.153. The summed E-state index contributed by atoms with van der Waals surface area (Å²) in [5.74, 6) is 0. The predicted molar refractivity (Wildman–Crippen MR) is 67.6 cm³/mol. The van der Waals surface area contributed by atoms with Gasteiger partial charge in [0.1, 0.15) is 4.99 Å². The van der Waals surface area contributed by atoms with E-state index in [1.165, 1.54) is 4.90 Å². The summed E-state index contributed by atoms with van der Waals surface area (Å²) in [6, 6.07) is 6.78. The number of nitrogens with two attached hydrogens (primary N) is 1. The van der Waals surface area contributed by atoms with Crippen LogP contribution in [-0.4, -0.2) is 36.2 Å². The molecular formula is C11H14F2N2OS. The Bertz CT molecular complexity index is 387. The van der Waals surface area contributed by atoms with E-state index in [1.54, 1.807) is 24.3 Å². The lowest BCUT2D eigenvalue weighted by Gasteiger charge is -2.25. The number of nitrogens with zero attached hydrogens (tertiary/aromatic N) is 1. The van der Waals surface area contributed by atoms with Crippen LogP contribution in [0.1, 0.15) is 5.56 Å². The van der Waals surface area contributed by atoms with Crippen LogP contribution in [0.3, 0.4) is 0 Å². The van der Waals surface area contributed by atoms with Crippen LogP contribution in [0.25, 0.3) is 0 Å². The number of thiocarbonyl (C=S) groups is 1. The molecule has 3 nitrogen and oxygen atoms in total. The number of alkyl halides is 2. The van der Waals surface area contributed by atoms with E-state index >= 15 is 0 Å². The first-order valence-corrected chi connectivity index (χ1v) is 5.50. The van der Waals surface area contributed by atoms with Crippen LogP contribution >= 0.6 is 12.2 Å². The molecular weight excluding hydrogens is 246 g/mol. The van der Waals surface area contributed by atoms with Gasteiger partial charge in [-0.2, -0.15) is 0 Å². The summed E-state index contributed by atoms with van der Waals surface area (Å²) < 4.78 is 24.9. The Morgan fingerprint density at radius 1 is 1.41 bits per heavy atom. The molecule has 0 unspecified atom stereocenters. The second kappa shape index (κ2) is 6.46. The predicted octanol–water partition coefficient (Wildman–Crippen LogP) is 1.38. The molecule has 0 aromatic heterocycles. The molecule has 17 heavy (non-hydrogen) atoms. The SMILES string of the molecule is NC(=S)c1ccccc1N(CCO)CC(F)F. The minimum atomic E-state index is -2.49. The third-order valence-corrected chi connectivity index (χ3v) is 2.46. The number of rotatable bonds is 6. The van der Waals surface area contributed by atoms with Crippen molar-refractivity contribution in [1.29, 1.82) is 0 Å². The number of aliphatic hydroxyl groups is 1. The molecule has 0 aliphatic heterocycles. The highest BCUT2D eigenvalue weighted by molar-refractivity contribution is 7.80.